The summed E-state index contributed by atoms with van der Waals surface area (Å²) in [7, 11) is 0. The van der Waals surface area contributed by atoms with Crippen molar-refractivity contribution in [1.82, 2.24) is 19.3 Å². The van der Waals surface area contributed by atoms with E-state index in [-0.39, 0.29) is 5.56 Å². The number of piperidine rings is 1. The van der Waals surface area contributed by atoms with E-state index in [9.17, 15) is 13.2 Å². The van der Waals surface area contributed by atoms with Gasteiger partial charge in [-0.15, -0.1) is 0 Å². The molecule has 2 unspecified atom stereocenters. The predicted molar refractivity (Wildman–Crippen MR) is 133 cm³/mol. The van der Waals surface area contributed by atoms with E-state index in [0.29, 0.717) is 49.4 Å². The molecule has 9 heteroatoms. The number of likely N-dealkylation sites (tertiary alicyclic amines) is 1. The maximum atomic E-state index is 13.6. The van der Waals surface area contributed by atoms with Crippen molar-refractivity contribution in [3.05, 3.63) is 58.7 Å². The van der Waals surface area contributed by atoms with Crippen LogP contribution in [-0.2, 0) is 23.9 Å². The van der Waals surface area contributed by atoms with Gasteiger partial charge >= 0.3 is 6.18 Å². The van der Waals surface area contributed by atoms with Crippen molar-refractivity contribution in [2.75, 3.05) is 44.3 Å². The van der Waals surface area contributed by atoms with E-state index in [1.807, 2.05) is 16.8 Å². The van der Waals surface area contributed by atoms with E-state index in [1.165, 1.54) is 12.5 Å². The molecule has 2 fully saturated rings. The van der Waals surface area contributed by atoms with Gasteiger partial charge in [0.05, 0.1) is 42.0 Å². The van der Waals surface area contributed by atoms with Crippen molar-refractivity contribution >= 4 is 11.5 Å². The van der Waals surface area contributed by atoms with E-state index >= 15 is 0 Å². The van der Waals surface area contributed by atoms with Gasteiger partial charge in [0.2, 0.25) is 5.78 Å². The molecular formula is C27H34F3N5O. The number of fused-ring (bicyclic) bond motifs is 1. The Morgan fingerprint density at radius 1 is 1.08 bits per heavy atom. The molecule has 2 aromatic heterocycles. The third kappa shape index (κ3) is 5.22. The van der Waals surface area contributed by atoms with Crippen LogP contribution < -0.4 is 4.90 Å². The fraction of sp³-hybridized carbons (Fsp3) is 0.556. The van der Waals surface area contributed by atoms with Crippen LogP contribution in [0.5, 0.6) is 0 Å². The van der Waals surface area contributed by atoms with Crippen molar-refractivity contribution in [2.24, 2.45) is 11.8 Å². The van der Waals surface area contributed by atoms with Gasteiger partial charge in [-0.3, -0.25) is 9.30 Å². The van der Waals surface area contributed by atoms with Crippen LogP contribution in [0.15, 0.2) is 30.6 Å². The molecule has 4 heterocycles. The molecule has 2 saturated heterocycles. The molecule has 2 atom stereocenters. The second-order valence-corrected chi connectivity index (χ2v) is 10.5. The van der Waals surface area contributed by atoms with Crippen molar-refractivity contribution in [2.45, 2.75) is 46.3 Å². The van der Waals surface area contributed by atoms with Crippen LogP contribution in [-0.4, -0.2) is 58.7 Å². The highest BCUT2D eigenvalue weighted by Crippen LogP contribution is 2.34. The SMILES string of the molecule is Cc1c(Cc2c(CN3CC(C)CC(C)C3)nc3ncc(N4CCOCC4)cn23)cccc1C(F)(F)F. The first kappa shape index (κ1) is 25.0. The number of rotatable bonds is 5. The molecule has 194 valence electrons. The number of ether oxygens (including phenoxy) is 1. The first-order chi connectivity index (χ1) is 17.2. The van der Waals surface area contributed by atoms with Gasteiger partial charge in [-0.2, -0.15) is 13.2 Å². The molecule has 0 N–H and O–H groups in total. The summed E-state index contributed by atoms with van der Waals surface area (Å²) in [6.07, 6.45) is 1.06. The Morgan fingerprint density at radius 2 is 1.81 bits per heavy atom. The quantitative estimate of drug-likeness (QED) is 0.495. The van der Waals surface area contributed by atoms with Crippen molar-refractivity contribution < 1.29 is 17.9 Å². The second-order valence-electron chi connectivity index (χ2n) is 10.5. The number of alkyl halides is 3. The number of hydrogen-bond donors (Lipinski definition) is 0. The average Bonchev–Trinajstić information content (AvgIpc) is 3.15. The van der Waals surface area contributed by atoms with Crippen molar-refractivity contribution in [3.8, 4) is 0 Å². The van der Waals surface area contributed by atoms with E-state index in [4.69, 9.17) is 9.72 Å². The molecule has 0 bridgehead atoms. The maximum Gasteiger partial charge on any atom is 0.416 e. The number of aromatic nitrogens is 3. The van der Waals surface area contributed by atoms with Gasteiger partial charge in [-0.05, 0) is 42.4 Å². The molecule has 36 heavy (non-hydrogen) atoms. The van der Waals surface area contributed by atoms with Gasteiger partial charge in [0, 0.05) is 45.3 Å². The Bertz CT molecular complexity index is 1210. The largest absolute Gasteiger partial charge is 0.416 e. The first-order valence-corrected chi connectivity index (χ1v) is 12.8. The lowest BCUT2D eigenvalue weighted by molar-refractivity contribution is -0.138. The van der Waals surface area contributed by atoms with Gasteiger partial charge in [0.15, 0.2) is 0 Å². The first-order valence-electron chi connectivity index (χ1n) is 12.8. The lowest BCUT2D eigenvalue weighted by Gasteiger charge is -2.34. The van der Waals surface area contributed by atoms with Gasteiger partial charge < -0.3 is 9.64 Å². The molecule has 2 aliphatic rings. The zero-order valence-corrected chi connectivity index (χ0v) is 21.2. The fourth-order valence-electron chi connectivity index (χ4n) is 5.81. The highest BCUT2D eigenvalue weighted by molar-refractivity contribution is 5.50. The van der Waals surface area contributed by atoms with Crippen LogP contribution >= 0.6 is 0 Å². The van der Waals surface area contributed by atoms with Crippen LogP contribution in [0.1, 0.15) is 48.3 Å². The van der Waals surface area contributed by atoms with Gasteiger partial charge in [-0.25, -0.2) is 9.97 Å². The summed E-state index contributed by atoms with van der Waals surface area (Å²) in [6.45, 7) is 11.6. The van der Waals surface area contributed by atoms with Crippen LogP contribution in [0.2, 0.25) is 0 Å². The highest BCUT2D eigenvalue weighted by Gasteiger charge is 2.33. The molecule has 0 spiro atoms. The molecule has 6 nitrogen and oxygen atoms in total. The number of nitrogens with zero attached hydrogens (tertiary/aromatic N) is 5. The summed E-state index contributed by atoms with van der Waals surface area (Å²) in [6, 6.07) is 4.44. The molecule has 1 aromatic carbocycles. The molecular weight excluding hydrogens is 467 g/mol. The Kier molecular flexibility index (Phi) is 6.96. The fourth-order valence-corrected chi connectivity index (χ4v) is 5.81. The Labute approximate surface area is 210 Å². The Hall–Kier alpha value is -2.65. The minimum atomic E-state index is -4.38. The third-order valence-corrected chi connectivity index (χ3v) is 7.45. The highest BCUT2D eigenvalue weighted by atomic mass is 19.4. The summed E-state index contributed by atoms with van der Waals surface area (Å²) in [5, 5.41) is 0. The molecule has 2 aliphatic heterocycles. The summed E-state index contributed by atoms with van der Waals surface area (Å²) in [5.74, 6) is 1.79. The summed E-state index contributed by atoms with van der Waals surface area (Å²) >= 11 is 0. The number of anilines is 1. The normalized spacial score (nSPS) is 21.9. The molecule has 0 radical (unpaired) electrons. The standard InChI is InChI=1S/C27H34F3N5O/c1-18-11-19(2)15-33(14-18)17-24-25(12-21-5-4-6-23(20(21)3)27(28,29)30)35-16-22(13-31-26(35)32-24)34-7-9-36-10-8-34/h4-6,13,16,18-19H,7-12,14-15,17H2,1-3H3. The van der Waals surface area contributed by atoms with Gasteiger partial charge in [0.25, 0.3) is 0 Å². The van der Waals surface area contributed by atoms with E-state index < -0.39 is 11.7 Å². The molecule has 3 aromatic rings. The van der Waals surface area contributed by atoms with E-state index in [0.717, 1.165) is 49.3 Å². The maximum absolute atomic E-state index is 13.6. The van der Waals surface area contributed by atoms with Crippen LogP contribution in [0.25, 0.3) is 5.78 Å². The molecule has 0 amide bonds. The lowest BCUT2D eigenvalue weighted by Crippen LogP contribution is -2.38. The zero-order chi connectivity index (χ0) is 25.4. The molecule has 5 rings (SSSR count). The summed E-state index contributed by atoms with van der Waals surface area (Å²) in [5.41, 5.74) is 3.10. The van der Waals surface area contributed by atoms with Crippen molar-refractivity contribution in [3.63, 3.8) is 0 Å². The Morgan fingerprint density at radius 3 is 2.50 bits per heavy atom. The Balaban J connectivity index is 1.56. The van der Waals surface area contributed by atoms with Gasteiger partial charge in [-0.1, -0.05) is 26.0 Å². The summed E-state index contributed by atoms with van der Waals surface area (Å²) in [4.78, 5) is 14.2. The molecule has 0 aliphatic carbocycles. The third-order valence-electron chi connectivity index (χ3n) is 7.45. The van der Waals surface area contributed by atoms with Crippen LogP contribution in [0, 0.1) is 18.8 Å². The smallest absolute Gasteiger partial charge is 0.378 e. The predicted octanol–water partition coefficient (Wildman–Crippen LogP) is 4.96. The lowest BCUT2D eigenvalue weighted by atomic mass is 9.91. The number of morpholine rings is 1. The average molecular weight is 502 g/mol. The van der Waals surface area contributed by atoms with Crippen molar-refractivity contribution in [1.29, 1.82) is 0 Å². The number of benzene rings is 1. The summed E-state index contributed by atoms with van der Waals surface area (Å²) < 4.78 is 48.4. The van der Waals surface area contributed by atoms with E-state index in [1.54, 1.807) is 13.0 Å². The zero-order valence-electron chi connectivity index (χ0n) is 21.2. The minimum absolute atomic E-state index is 0.267. The monoisotopic (exact) mass is 501 g/mol. The topological polar surface area (TPSA) is 45.9 Å². The minimum Gasteiger partial charge on any atom is -0.378 e. The number of halogens is 3. The van der Waals surface area contributed by atoms with E-state index in [2.05, 4.69) is 28.6 Å². The number of imidazole rings is 1. The van der Waals surface area contributed by atoms with Crippen LogP contribution in [0.4, 0.5) is 18.9 Å². The molecule has 0 saturated carbocycles. The second kappa shape index (κ2) is 10.0. The van der Waals surface area contributed by atoms with Gasteiger partial charge in [0.1, 0.15) is 0 Å². The number of hydrogen-bond acceptors (Lipinski definition) is 5. The van der Waals surface area contributed by atoms with Crippen LogP contribution in [0.3, 0.4) is 0 Å².